The minimum atomic E-state index is -0.187. The highest BCUT2D eigenvalue weighted by Gasteiger charge is 2.14. The van der Waals surface area contributed by atoms with E-state index in [1.165, 1.54) is 11.8 Å². The van der Waals surface area contributed by atoms with Crippen molar-refractivity contribution in [3.63, 3.8) is 0 Å². The molecule has 1 N–H and O–H groups in total. The number of nitrogens with one attached hydrogen (secondary N) is 1. The Kier molecular flexibility index (Phi) is 4.66. The Hall–Kier alpha value is -2.61. The van der Waals surface area contributed by atoms with E-state index in [0.29, 0.717) is 16.7 Å². The Morgan fingerprint density at radius 1 is 1.25 bits per heavy atom. The fourth-order valence-electron chi connectivity index (χ4n) is 2.23. The molecular formula is C16H17N5O2S. The highest BCUT2D eigenvalue weighted by molar-refractivity contribution is 7.99. The number of aryl methyl sites for hydroxylation is 3. The van der Waals surface area contributed by atoms with Gasteiger partial charge in [-0.05, 0) is 38.5 Å². The van der Waals surface area contributed by atoms with Crippen molar-refractivity contribution in [3.8, 4) is 5.69 Å². The van der Waals surface area contributed by atoms with Gasteiger partial charge >= 0.3 is 0 Å². The van der Waals surface area contributed by atoms with Crippen LogP contribution in [-0.2, 0) is 4.79 Å². The van der Waals surface area contributed by atoms with Gasteiger partial charge in [0, 0.05) is 11.8 Å². The maximum atomic E-state index is 12.0. The van der Waals surface area contributed by atoms with Gasteiger partial charge in [0.1, 0.15) is 5.82 Å². The second-order valence-corrected chi connectivity index (χ2v) is 6.32. The van der Waals surface area contributed by atoms with Gasteiger partial charge in [0.15, 0.2) is 5.16 Å². The second kappa shape index (κ2) is 6.88. The monoisotopic (exact) mass is 343 g/mol. The van der Waals surface area contributed by atoms with Crippen molar-refractivity contribution in [3.05, 3.63) is 47.4 Å². The minimum Gasteiger partial charge on any atom is -0.338 e. The van der Waals surface area contributed by atoms with Crippen molar-refractivity contribution >= 4 is 23.6 Å². The van der Waals surface area contributed by atoms with E-state index in [2.05, 4.69) is 26.7 Å². The van der Waals surface area contributed by atoms with Crippen LogP contribution in [0, 0.1) is 20.8 Å². The summed E-state index contributed by atoms with van der Waals surface area (Å²) in [5.74, 6) is 1.13. The van der Waals surface area contributed by atoms with Crippen LogP contribution in [0.25, 0.3) is 5.69 Å². The number of benzene rings is 1. The van der Waals surface area contributed by atoms with Crippen LogP contribution in [-0.4, -0.2) is 31.6 Å². The molecular weight excluding hydrogens is 326 g/mol. The molecule has 3 aromatic rings. The molecule has 7 nitrogen and oxygen atoms in total. The highest BCUT2D eigenvalue weighted by atomic mass is 32.2. The average molecular weight is 343 g/mol. The first-order valence-corrected chi connectivity index (χ1v) is 8.36. The van der Waals surface area contributed by atoms with Gasteiger partial charge in [-0.25, -0.2) is 0 Å². The summed E-state index contributed by atoms with van der Waals surface area (Å²) in [5, 5.41) is 15.3. The number of amides is 1. The SMILES string of the molecule is Cc1cccc(-n2c(C)nnc2SCC(=O)Nc2cc(C)no2)c1. The quantitative estimate of drug-likeness (QED) is 0.717. The zero-order valence-electron chi connectivity index (χ0n) is 13.6. The Balaban J connectivity index is 1.71. The lowest BCUT2D eigenvalue weighted by molar-refractivity contribution is -0.113. The van der Waals surface area contributed by atoms with Crippen LogP contribution in [0.1, 0.15) is 17.1 Å². The van der Waals surface area contributed by atoms with E-state index in [1.807, 2.05) is 36.6 Å². The predicted molar refractivity (Wildman–Crippen MR) is 91.4 cm³/mol. The Labute approximate surface area is 143 Å². The van der Waals surface area contributed by atoms with E-state index >= 15 is 0 Å². The van der Waals surface area contributed by atoms with Crippen molar-refractivity contribution in [1.82, 2.24) is 19.9 Å². The van der Waals surface area contributed by atoms with Gasteiger partial charge in [0.05, 0.1) is 11.4 Å². The molecule has 0 spiro atoms. The third-order valence-corrected chi connectivity index (χ3v) is 4.21. The lowest BCUT2D eigenvalue weighted by Crippen LogP contribution is -2.14. The summed E-state index contributed by atoms with van der Waals surface area (Å²) < 4.78 is 6.91. The maximum absolute atomic E-state index is 12.0. The number of thioether (sulfide) groups is 1. The van der Waals surface area contributed by atoms with Crippen molar-refractivity contribution < 1.29 is 9.32 Å². The molecule has 8 heteroatoms. The first-order valence-electron chi connectivity index (χ1n) is 7.38. The number of aromatic nitrogens is 4. The lowest BCUT2D eigenvalue weighted by atomic mass is 10.2. The van der Waals surface area contributed by atoms with Gasteiger partial charge in [-0.3, -0.25) is 14.7 Å². The minimum absolute atomic E-state index is 0.187. The fraction of sp³-hybridized carbons (Fsp3) is 0.250. The summed E-state index contributed by atoms with van der Waals surface area (Å²) >= 11 is 1.32. The van der Waals surface area contributed by atoms with Crippen LogP contribution in [0.2, 0.25) is 0 Å². The largest absolute Gasteiger partial charge is 0.338 e. The summed E-state index contributed by atoms with van der Waals surface area (Å²) in [6, 6.07) is 9.73. The van der Waals surface area contributed by atoms with Crippen LogP contribution in [0.5, 0.6) is 0 Å². The Morgan fingerprint density at radius 2 is 2.08 bits per heavy atom. The second-order valence-electron chi connectivity index (χ2n) is 5.37. The third kappa shape index (κ3) is 3.65. The van der Waals surface area contributed by atoms with Crippen molar-refractivity contribution in [1.29, 1.82) is 0 Å². The van der Waals surface area contributed by atoms with Crippen molar-refractivity contribution in [2.24, 2.45) is 0 Å². The van der Waals surface area contributed by atoms with E-state index < -0.39 is 0 Å². The fourth-order valence-corrected chi connectivity index (χ4v) is 3.02. The highest BCUT2D eigenvalue weighted by Crippen LogP contribution is 2.22. The number of hydrogen-bond donors (Lipinski definition) is 1. The van der Waals surface area contributed by atoms with Gasteiger partial charge in [0.25, 0.3) is 0 Å². The van der Waals surface area contributed by atoms with Crippen molar-refractivity contribution in [2.45, 2.75) is 25.9 Å². The number of rotatable bonds is 5. The van der Waals surface area contributed by atoms with Crippen molar-refractivity contribution in [2.75, 3.05) is 11.1 Å². The molecule has 0 aliphatic heterocycles. The molecule has 24 heavy (non-hydrogen) atoms. The van der Waals surface area contributed by atoms with Crippen LogP contribution in [0.4, 0.5) is 5.88 Å². The van der Waals surface area contributed by atoms with Crippen LogP contribution in [0.3, 0.4) is 0 Å². The summed E-state index contributed by atoms with van der Waals surface area (Å²) in [5.41, 5.74) is 2.84. The lowest BCUT2D eigenvalue weighted by Gasteiger charge is -2.08. The van der Waals surface area contributed by atoms with Crippen LogP contribution in [0.15, 0.2) is 40.0 Å². The Morgan fingerprint density at radius 3 is 2.79 bits per heavy atom. The number of anilines is 1. The molecule has 0 radical (unpaired) electrons. The number of carbonyl (C=O) groups is 1. The predicted octanol–water partition coefficient (Wildman–Crippen LogP) is 2.91. The summed E-state index contributed by atoms with van der Waals surface area (Å²) in [4.78, 5) is 12.0. The molecule has 1 aromatic carbocycles. The molecule has 0 bridgehead atoms. The zero-order chi connectivity index (χ0) is 17.1. The van der Waals surface area contributed by atoms with Gasteiger partial charge in [-0.2, -0.15) is 0 Å². The third-order valence-electron chi connectivity index (χ3n) is 3.28. The van der Waals surface area contributed by atoms with E-state index in [-0.39, 0.29) is 11.7 Å². The van der Waals surface area contributed by atoms with Gasteiger partial charge in [-0.15, -0.1) is 10.2 Å². The first-order chi connectivity index (χ1) is 11.5. The molecule has 0 aliphatic carbocycles. The summed E-state index contributed by atoms with van der Waals surface area (Å²) in [6.45, 7) is 5.71. The summed E-state index contributed by atoms with van der Waals surface area (Å²) in [6.07, 6.45) is 0. The van der Waals surface area contributed by atoms with E-state index in [1.54, 1.807) is 13.0 Å². The molecule has 124 valence electrons. The Bertz CT molecular complexity index is 871. The molecule has 2 heterocycles. The van der Waals surface area contributed by atoms with E-state index in [4.69, 9.17) is 4.52 Å². The maximum Gasteiger partial charge on any atom is 0.237 e. The standard InChI is InChI=1S/C16H17N5O2S/c1-10-5-4-6-13(7-10)21-12(3)18-19-16(21)24-9-14(22)17-15-8-11(2)20-23-15/h4-8H,9H2,1-3H3,(H,17,22). The topological polar surface area (TPSA) is 85.8 Å². The molecule has 0 unspecified atom stereocenters. The van der Waals surface area contributed by atoms with Gasteiger partial charge in [-0.1, -0.05) is 29.1 Å². The van der Waals surface area contributed by atoms with E-state index in [0.717, 1.165) is 17.1 Å². The van der Waals surface area contributed by atoms with E-state index in [9.17, 15) is 4.79 Å². The summed E-state index contributed by atoms with van der Waals surface area (Å²) in [7, 11) is 0. The molecule has 2 aromatic heterocycles. The normalized spacial score (nSPS) is 10.8. The molecule has 0 saturated heterocycles. The smallest absolute Gasteiger partial charge is 0.237 e. The number of hydrogen-bond acceptors (Lipinski definition) is 6. The molecule has 1 amide bonds. The van der Waals surface area contributed by atoms with Gasteiger partial charge in [0.2, 0.25) is 11.8 Å². The number of carbonyl (C=O) groups excluding carboxylic acids is 1. The first kappa shape index (κ1) is 16.3. The number of nitrogens with zero attached hydrogens (tertiary/aromatic N) is 4. The molecule has 0 atom stereocenters. The van der Waals surface area contributed by atoms with Gasteiger partial charge < -0.3 is 4.52 Å². The molecule has 3 rings (SSSR count). The van der Waals surface area contributed by atoms with Crippen LogP contribution >= 0.6 is 11.8 Å². The molecule has 0 saturated carbocycles. The van der Waals surface area contributed by atoms with Crippen LogP contribution < -0.4 is 5.32 Å². The molecule has 0 aliphatic rings. The zero-order valence-corrected chi connectivity index (χ0v) is 14.4. The molecule has 0 fully saturated rings. The average Bonchev–Trinajstić information content (AvgIpc) is 3.11.